The highest BCUT2D eigenvalue weighted by atomic mass is 19.1. The van der Waals surface area contributed by atoms with Crippen LogP contribution in [0.5, 0.6) is 5.75 Å². The van der Waals surface area contributed by atoms with Gasteiger partial charge in [-0.25, -0.2) is 4.39 Å². The van der Waals surface area contributed by atoms with Gasteiger partial charge < -0.3 is 15.4 Å². The Morgan fingerprint density at radius 2 is 1.93 bits per heavy atom. The minimum Gasteiger partial charge on any atom is -0.492 e. The summed E-state index contributed by atoms with van der Waals surface area (Å²) in [6, 6.07) is 11.8. The van der Waals surface area contributed by atoms with Gasteiger partial charge in [-0.15, -0.1) is 0 Å². The summed E-state index contributed by atoms with van der Waals surface area (Å²) < 4.78 is 19.4. The van der Waals surface area contributed by atoms with Gasteiger partial charge in [0.1, 0.15) is 18.2 Å². The monoisotopic (exact) mass is 384 g/mol. The second-order valence-electron chi connectivity index (χ2n) is 8.05. The number of halogens is 1. The number of hydrogen-bond acceptors (Lipinski definition) is 3. The van der Waals surface area contributed by atoms with E-state index in [0.29, 0.717) is 23.4 Å². The van der Waals surface area contributed by atoms with E-state index in [-0.39, 0.29) is 36.7 Å². The quantitative estimate of drug-likeness (QED) is 0.845. The van der Waals surface area contributed by atoms with Crippen LogP contribution in [0.1, 0.15) is 31.9 Å². The van der Waals surface area contributed by atoms with Crippen molar-refractivity contribution in [2.75, 3.05) is 11.9 Å². The van der Waals surface area contributed by atoms with E-state index in [1.165, 1.54) is 6.07 Å². The number of rotatable bonds is 4. The Hall–Kier alpha value is -2.89. The molecule has 6 heteroatoms. The van der Waals surface area contributed by atoms with Gasteiger partial charge in [0.25, 0.3) is 0 Å². The maximum absolute atomic E-state index is 13.7. The van der Waals surface area contributed by atoms with Gasteiger partial charge in [-0.1, -0.05) is 39.0 Å². The first-order chi connectivity index (χ1) is 13.2. The Bertz CT molecular complexity index is 890. The maximum Gasteiger partial charge on any atom is 0.229 e. The molecule has 0 aliphatic carbocycles. The topological polar surface area (TPSA) is 67.4 Å². The first kappa shape index (κ1) is 19.9. The number of carbonyl (C=O) groups excluding carboxylic acids is 2. The third kappa shape index (κ3) is 4.68. The molecule has 148 valence electrons. The first-order valence-corrected chi connectivity index (χ1v) is 9.32. The number of anilines is 1. The van der Waals surface area contributed by atoms with Crippen LogP contribution in [0.25, 0.3) is 0 Å². The zero-order valence-corrected chi connectivity index (χ0v) is 16.3. The minimum atomic E-state index is -0.498. The predicted molar refractivity (Wildman–Crippen MR) is 105 cm³/mol. The summed E-state index contributed by atoms with van der Waals surface area (Å²) in [7, 11) is 0. The minimum absolute atomic E-state index is 0.0802. The van der Waals surface area contributed by atoms with Crippen LogP contribution in [-0.4, -0.2) is 18.4 Å². The summed E-state index contributed by atoms with van der Waals surface area (Å²) in [6.07, 6.45) is 0.498. The summed E-state index contributed by atoms with van der Waals surface area (Å²) in [6.45, 7) is 5.94. The van der Waals surface area contributed by atoms with Gasteiger partial charge >= 0.3 is 0 Å². The van der Waals surface area contributed by atoms with Crippen LogP contribution >= 0.6 is 0 Å². The number of ether oxygens (including phenoxy) is 1. The summed E-state index contributed by atoms with van der Waals surface area (Å²) in [5, 5.41) is 5.67. The molecule has 0 radical (unpaired) electrons. The number of fused-ring (bicyclic) bond motifs is 1. The highest BCUT2D eigenvalue weighted by Crippen LogP contribution is 2.30. The lowest BCUT2D eigenvalue weighted by molar-refractivity contribution is -0.126. The van der Waals surface area contributed by atoms with E-state index >= 15 is 0 Å². The molecule has 5 nitrogen and oxygen atoms in total. The third-order valence-electron chi connectivity index (χ3n) is 4.69. The smallest absolute Gasteiger partial charge is 0.229 e. The van der Waals surface area contributed by atoms with E-state index < -0.39 is 5.41 Å². The van der Waals surface area contributed by atoms with Crippen molar-refractivity contribution >= 4 is 17.5 Å². The molecule has 0 bridgehead atoms. The predicted octanol–water partition coefficient (Wildman–Crippen LogP) is 3.68. The van der Waals surface area contributed by atoms with Gasteiger partial charge in [-0.05, 0) is 36.2 Å². The summed E-state index contributed by atoms with van der Waals surface area (Å²) in [4.78, 5) is 24.7. The van der Waals surface area contributed by atoms with Crippen molar-refractivity contribution in [2.24, 2.45) is 11.3 Å². The molecule has 0 fully saturated rings. The molecule has 3 rings (SSSR count). The first-order valence-electron chi connectivity index (χ1n) is 9.32. The molecule has 1 aliphatic rings. The standard InChI is InChI=1S/C22H25FN2O3/c1-22(2,3)21(27)25-17-8-9-19-15(11-17)10-16(13-28-19)20(26)24-12-14-6-4-5-7-18(14)23/h4-9,11,16H,10,12-13H2,1-3H3,(H,24,26)(H,25,27)/t16-/m1/s1. The molecule has 0 saturated carbocycles. The van der Waals surface area contributed by atoms with E-state index in [9.17, 15) is 14.0 Å². The molecule has 1 heterocycles. The zero-order valence-electron chi connectivity index (χ0n) is 16.3. The van der Waals surface area contributed by atoms with Gasteiger partial charge in [0, 0.05) is 23.2 Å². The van der Waals surface area contributed by atoms with Crippen molar-refractivity contribution in [2.45, 2.75) is 33.7 Å². The molecular weight excluding hydrogens is 359 g/mol. The number of amides is 2. The van der Waals surface area contributed by atoms with Crippen molar-refractivity contribution in [1.82, 2.24) is 5.32 Å². The van der Waals surface area contributed by atoms with Crippen molar-refractivity contribution < 1.29 is 18.7 Å². The van der Waals surface area contributed by atoms with Gasteiger partial charge in [-0.2, -0.15) is 0 Å². The van der Waals surface area contributed by atoms with Crippen LogP contribution in [0, 0.1) is 17.2 Å². The fourth-order valence-corrected chi connectivity index (χ4v) is 2.93. The van der Waals surface area contributed by atoms with E-state index in [2.05, 4.69) is 10.6 Å². The molecule has 1 aliphatic heterocycles. The molecule has 2 aromatic carbocycles. The Kier molecular flexibility index (Phi) is 5.68. The average Bonchev–Trinajstić information content (AvgIpc) is 2.65. The van der Waals surface area contributed by atoms with Crippen LogP contribution < -0.4 is 15.4 Å². The molecule has 0 saturated heterocycles. The summed E-state index contributed by atoms with van der Waals surface area (Å²) in [5.74, 6) is -0.256. The molecule has 0 spiro atoms. The van der Waals surface area contributed by atoms with E-state index in [4.69, 9.17) is 4.74 Å². The zero-order chi connectivity index (χ0) is 20.3. The van der Waals surface area contributed by atoms with E-state index in [0.717, 1.165) is 5.56 Å². The molecule has 2 aromatic rings. The van der Waals surface area contributed by atoms with Gasteiger partial charge in [0.05, 0.1) is 5.92 Å². The van der Waals surface area contributed by atoms with Crippen molar-refractivity contribution in [3.8, 4) is 5.75 Å². The number of benzene rings is 2. The Labute approximate surface area is 164 Å². The van der Waals surface area contributed by atoms with Crippen LogP contribution in [0.2, 0.25) is 0 Å². The fourth-order valence-electron chi connectivity index (χ4n) is 2.93. The molecule has 28 heavy (non-hydrogen) atoms. The lowest BCUT2D eigenvalue weighted by Gasteiger charge is -2.25. The molecule has 2 amide bonds. The van der Waals surface area contributed by atoms with Crippen molar-refractivity contribution in [1.29, 1.82) is 0 Å². The van der Waals surface area contributed by atoms with Crippen LogP contribution in [0.4, 0.5) is 10.1 Å². The molecule has 0 aromatic heterocycles. The number of carbonyl (C=O) groups is 2. The third-order valence-corrected chi connectivity index (χ3v) is 4.69. The van der Waals surface area contributed by atoms with Gasteiger partial charge in [0.15, 0.2) is 0 Å². The molecular formula is C22H25FN2O3. The maximum atomic E-state index is 13.7. The Morgan fingerprint density at radius 3 is 2.64 bits per heavy atom. The van der Waals surface area contributed by atoms with Gasteiger partial charge in [0.2, 0.25) is 11.8 Å². The Balaban J connectivity index is 1.64. The largest absolute Gasteiger partial charge is 0.492 e. The lowest BCUT2D eigenvalue weighted by atomic mass is 9.94. The highest BCUT2D eigenvalue weighted by Gasteiger charge is 2.27. The normalized spacial score (nSPS) is 15.9. The molecule has 2 N–H and O–H groups in total. The Morgan fingerprint density at radius 1 is 1.18 bits per heavy atom. The lowest BCUT2D eigenvalue weighted by Crippen LogP contribution is -2.37. The summed E-state index contributed by atoms with van der Waals surface area (Å²) >= 11 is 0. The number of nitrogens with one attached hydrogen (secondary N) is 2. The molecule has 1 atom stereocenters. The van der Waals surface area contributed by atoms with Gasteiger partial charge in [-0.3, -0.25) is 9.59 Å². The van der Waals surface area contributed by atoms with Crippen LogP contribution in [0.15, 0.2) is 42.5 Å². The summed E-state index contributed by atoms with van der Waals surface area (Å²) in [5.41, 5.74) is 1.49. The van der Waals surface area contributed by atoms with E-state index in [1.807, 2.05) is 26.8 Å². The van der Waals surface area contributed by atoms with Crippen LogP contribution in [0.3, 0.4) is 0 Å². The molecule has 0 unspecified atom stereocenters. The second kappa shape index (κ2) is 8.00. The van der Waals surface area contributed by atoms with Crippen LogP contribution in [-0.2, 0) is 22.6 Å². The average molecular weight is 384 g/mol. The van der Waals surface area contributed by atoms with E-state index in [1.54, 1.807) is 30.3 Å². The second-order valence-corrected chi connectivity index (χ2v) is 8.05. The highest BCUT2D eigenvalue weighted by molar-refractivity contribution is 5.94. The SMILES string of the molecule is CC(C)(C)C(=O)Nc1ccc2c(c1)C[C@@H](C(=O)NCc1ccccc1F)CO2. The van der Waals surface area contributed by atoms with Crippen molar-refractivity contribution in [3.05, 3.63) is 59.4 Å². The fraction of sp³-hybridized carbons (Fsp3) is 0.364. The number of hydrogen-bond donors (Lipinski definition) is 2. The van der Waals surface area contributed by atoms with Crippen molar-refractivity contribution in [3.63, 3.8) is 0 Å².